The van der Waals surface area contributed by atoms with Gasteiger partial charge in [0.25, 0.3) is 0 Å². The lowest BCUT2D eigenvalue weighted by Crippen LogP contribution is -2.14. The average Bonchev–Trinajstić information content (AvgIpc) is 2.08. The van der Waals surface area contributed by atoms with Crippen LogP contribution in [0.4, 0.5) is 0 Å². The van der Waals surface area contributed by atoms with Crippen LogP contribution in [0.15, 0.2) is 18.2 Å². The van der Waals surface area contributed by atoms with E-state index in [0.717, 1.165) is 0 Å². The summed E-state index contributed by atoms with van der Waals surface area (Å²) in [6.07, 6.45) is -0.179. The first-order valence-corrected chi connectivity index (χ1v) is 4.34. The SMILES string of the molecule is N[C@@H](CC(=O)O)c1ccc(Cl)c(O)c1. The normalized spacial score (nSPS) is 12.4. The summed E-state index contributed by atoms with van der Waals surface area (Å²) in [4.78, 5) is 10.4. The van der Waals surface area contributed by atoms with Crippen molar-refractivity contribution < 1.29 is 15.0 Å². The Hall–Kier alpha value is -1.26. The van der Waals surface area contributed by atoms with Crippen molar-refractivity contribution in [2.45, 2.75) is 12.5 Å². The highest BCUT2D eigenvalue weighted by Gasteiger charge is 2.11. The molecule has 1 aromatic rings. The monoisotopic (exact) mass is 215 g/mol. The van der Waals surface area contributed by atoms with Crippen LogP contribution in [-0.4, -0.2) is 16.2 Å². The molecular weight excluding hydrogens is 206 g/mol. The molecule has 0 saturated heterocycles. The minimum atomic E-state index is -0.980. The minimum absolute atomic E-state index is 0.0926. The molecule has 0 aliphatic carbocycles. The Labute approximate surface area is 85.9 Å². The third kappa shape index (κ3) is 2.61. The van der Waals surface area contributed by atoms with E-state index in [1.807, 2.05) is 0 Å². The van der Waals surface area contributed by atoms with Gasteiger partial charge in [0.2, 0.25) is 0 Å². The summed E-state index contributed by atoms with van der Waals surface area (Å²) in [5, 5.41) is 18.0. The van der Waals surface area contributed by atoms with Crippen molar-refractivity contribution in [1.82, 2.24) is 0 Å². The number of aliphatic carboxylic acids is 1. The number of hydrogen-bond donors (Lipinski definition) is 3. The molecule has 0 radical (unpaired) electrons. The van der Waals surface area contributed by atoms with Crippen LogP contribution in [0.3, 0.4) is 0 Å². The highest BCUT2D eigenvalue weighted by Crippen LogP contribution is 2.26. The average molecular weight is 216 g/mol. The van der Waals surface area contributed by atoms with Crippen molar-refractivity contribution >= 4 is 17.6 Å². The molecule has 0 aliphatic rings. The highest BCUT2D eigenvalue weighted by atomic mass is 35.5. The predicted octanol–water partition coefficient (Wildman–Crippen LogP) is 1.52. The number of benzene rings is 1. The third-order valence-corrected chi connectivity index (χ3v) is 2.11. The number of carboxylic acids is 1. The number of hydrogen-bond acceptors (Lipinski definition) is 3. The van der Waals surface area contributed by atoms with Crippen molar-refractivity contribution in [1.29, 1.82) is 0 Å². The summed E-state index contributed by atoms with van der Waals surface area (Å²) in [6, 6.07) is 3.81. The molecule has 0 aromatic heterocycles. The van der Waals surface area contributed by atoms with Crippen LogP contribution in [0.25, 0.3) is 0 Å². The summed E-state index contributed by atoms with van der Waals surface area (Å²) in [7, 11) is 0. The van der Waals surface area contributed by atoms with Gasteiger partial charge < -0.3 is 15.9 Å². The maximum atomic E-state index is 10.4. The maximum Gasteiger partial charge on any atom is 0.305 e. The van der Waals surface area contributed by atoms with Crippen molar-refractivity contribution in [2.75, 3.05) is 0 Å². The molecule has 4 N–H and O–H groups in total. The molecular formula is C9H10ClNO3. The van der Waals surface area contributed by atoms with Gasteiger partial charge in [-0.15, -0.1) is 0 Å². The zero-order chi connectivity index (χ0) is 10.7. The summed E-state index contributed by atoms with van der Waals surface area (Å²) in [5.74, 6) is -1.07. The van der Waals surface area contributed by atoms with E-state index in [-0.39, 0.29) is 17.2 Å². The van der Waals surface area contributed by atoms with Crippen molar-refractivity contribution in [3.63, 3.8) is 0 Å². The second-order valence-corrected chi connectivity index (χ2v) is 3.32. The highest BCUT2D eigenvalue weighted by molar-refractivity contribution is 6.32. The van der Waals surface area contributed by atoms with Gasteiger partial charge in [-0.05, 0) is 17.7 Å². The number of phenolic OH excluding ortho intramolecular Hbond substituents is 1. The molecule has 0 spiro atoms. The topological polar surface area (TPSA) is 83.6 Å². The molecule has 0 saturated carbocycles. The molecule has 1 atom stereocenters. The maximum absolute atomic E-state index is 10.4. The summed E-state index contributed by atoms with van der Waals surface area (Å²) in [5.41, 5.74) is 6.13. The molecule has 4 nitrogen and oxygen atoms in total. The first kappa shape index (κ1) is 10.8. The summed E-state index contributed by atoms with van der Waals surface area (Å²) in [6.45, 7) is 0. The molecule has 0 unspecified atom stereocenters. The molecule has 5 heteroatoms. The fourth-order valence-electron chi connectivity index (χ4n) is 1.07. The number of carbonyl (C=O) groups is 1. The van der Waals surface area contributed by atoms with Crippen LogP contribution in [0.2, 0.25) is 5.02 Å². The van der Waals surface area contributed by atoms with E-state index < -0.39 is 12.0 Å². The zero-order valence-electron chi connectivity index (χ0n) is 7.27. The van der Waals surface area contributed by atoms with Crippen LogP contribution >= 0.6 is 11.6 Å². The Morgan fingerprint density at radius 3 is 2.71 bits per heavy atom. The Bertz CT molecular complexity index is 354. The van der Waals surface area contributed by atoms with Gasteiger partial charge in [-0.25, -0.2) is 0 Å². The van der Waals surface area contributed by atoms with Gasteiger partial charge in [-0.1, -0.05) is 17.7 Å². The number of aromatic hydroxyl groups is 1. The van der Waals surface area contributed by atoms with Crippen molar-refractivity contribution in [3.8, 4) is 5.75 Å². The molecule has 0 amide bonds. The van der Waals surface area contributed by atoms with Gasteiger partial charge in [0, 0.05) is 6.04 Å². The van der Waals surface area contributed by atoms with Crippen LogP contribution in [0.1, 0.15) is 18.0 Å². The predicted molar refractivity (Wildman–Crippen MR) is 52.3 cm³/mol. The Morgan fingerprint density at radius 1 is 1.57 bits per heavy atom. The van der Waals surface area contributed by atoms with E-state index in [1.165, 1.54) is 12.1 Å². The molecule has 0 heterocycles. The molecule has 0 bridgehead atoms. The fourth-order valence-corrected chi connectivity index (χ4v) is 1.18. The van der Waals surface area contributed by atoms with Crippen molar-refractivity contribution in [3.05, 3.63) is 28.8 Å². The van der Waals surface area contributed by atoms with E-state index >= 15 is 0 Å². The number of halogens is 1. The molecule has 76 valence electrons. The van der Waals surface area contributed by atoms with Gasteiger partial charge in [0.1, 0.15) is 5.75 Å². The molecule has 0 fully saturated rings. The number of phenols is 1. The lowest BCUT2D eigenvalue weighted by atomic mass is 10.0. The minimum Gasteiger partial charge on any atom is -0.506 e. The zero-order valence-corrected chi connectivity index (χ0v) is 8.03. The van der Waals surface area contributed by atoms with Crippen LogP contribution in [0, 0.1) is 0 Å². The first-order valence-electron chi connectivity index (χ1n) is 3.96. The quantitative estimate of drug-likeness (QED) is 0.714. The van der Waals surface area contributed by atoms with E-state index in [4.69, 9.17) is 22.4 Å². The number of rotatable bonds is 3. The van der Waals surface area contributed by atoms with E-state index in [2.05, 4.69) is 0 Å². The van der Waals surface area contributed by atoms with Gasteiger partial charge in [0.05, 0.1) is 11.4 Å². The van der Waals surface area contributed by atoms with Crippen LogP contribution < -0.4 is 5.73 Å². The third-order valence-electron chi connectivity index (χ3n) is 1.79. The Morgan fingerprint density at radius 2 is 2.21 bits per heavy atom. The Balaban J connectivity index is 2.85. The molecule has 0 aliphatic heterocycles. The Kier molecular flexibility index (Phi) is 3.33. The molecule has 1 aromatic carbocycles. The van der Waals surface area contributed by atoms with Crippen LogP contribution in [-0.2, 0) is 4.79 Å². The van der Waals surface area contributed by atoms with Crippen molar-refractivity contribution in [2.24, 2.45) is 5.73 Å². The number of nitrogens with two attached hydrogens (primary N) is 1. The van der Waals surface area contributed by atoms with E-state index in [1.54, 1.807) is 6.07 Å². The lowest BCUT2D eigenvalue weighted by molar-refractivity contribution is -0.137. The fraction of sp³-hybridized carbons (Fsp3) is 0.222. The largest absolute Gasteiger partial charge is 0.506 e. The van der Waals surface area contributed by atoms with Gasteiger partial charge in [0.15, 0.2) is 0 Å². The van der Waals surface area contributed by atoms with Gasteiger partial charge >= 0.3 is 5.97 Å². The lowest BCUT2D eigenvalue weighted by Gasteiger charge is -2.09. The molecule has 1 rings (SSSR count). The van der Waals surface area contributed by atoms with E-state index in [0.29, 0.717) is 5.56 Å². The summed E-state index contributed by atoms with van der Waals surface area (Å²) < 4.78 is 0. The second kappa shape index (κ2) is 4.30. The first-order chi connectivity index (χ1) is 6.50. The van der Waals surface area contributed by atoms with E-state index in [9.17, 15) is 9.90 Å². The van der Waals surface area contributed by atoms with Gasteiger partial charge in [-0.2, -0.15) is 0 Å². The van der Waals surface area contributed by atoms with Crippen LogP contribution in [0.5, 0.6) is 5.75 Å². The smallest absolute Gasteiger partial charge is 0.305 e. The summed E-state index contributed by atoms with van der Waals surface area (Å²) >= 11 is 5.58. The molecule has 14 heavy (non-hydrogen) atoms. The van der Waals surface area contributed by atoms with Gasteiger partial charge in [-0.3, -0.25) is 4.79 Å². The number of carboxylic acid groups (broad SMARTS) is 1. The standard InChI is InChI=1S/C9H10ClNO3/c10-6-2-1-5(3-8(6)12)7(11)4-9(13)14/h1-3,7,12H,4,11H2,(H,13,14)/t7-/m0/s1. The second-order valence-electron chi connectivity index (χ2n) is 2.92.